The number of nitrogens with one attached hydrogen (secondary N) is 2. The second-order valence-corrected chi connectivity index (χ2v) is 7.47. The number of hydrogen-bond donors (Lipinski definition) is 2. The largest absolute Gasteiger partial charge is 0.337 e. The molecule has 0 fully saturated rings. The van der Waals surface area contributed by atoms with Crippen molar-refractivity contribution in [1.82, 2.24) is 25.4 Å². The summed E-state index contributed by atoms with van der Waals surface area (Å²) in [6.07, 6.45) is 3.21. The third-order valence-corrected chi connectivity index (χ3v) is 5.90. The highest BCUT2D eigenvalue weighted by Crippen LogP contribution is 2.35. The van der Waals surface area contributed by atoms with Crippen LogP contribution in [0.2, 0.25) is 0 Å². The Labute approximate surface area is 145 Å². The van der Waals surface area contributed by atoms with E-state index in [1.54, 1.807) is 0 Å². The zero-order valence-electron chi connectivity index (χ0n) is 13.5. The van der Waals surface area contributed by atoms with Gasteiger partial charge in [0.05, 0.1) is 6.54 Å². The highest BCUT2D eigenvalue weighted by atomic mass is 32.2. The number of aryl methyl sites for hydroxylation is 2. The van der Waals surface area contributed by atoms with Gasteiger partial charge in [0.2, 0.25) is 0 Å². The summed E-state index contributed by atoms with van der Waals surface area (Å²) in [7, 11) is 0. The zero-order chi connectivity index (χ0) is 16.4. The van der Waals surface area contributed by atoms with Crippen LogP contribution in [-0.4, -0.2) is 33.1 Å². The van der Waals surface area contributed by atoms with Gasteiger partial charge >= 0.3 is 6.03 Å². The highest BCUT2D eigenvalue weighted by Gasteiger charge is 2.21. The molecule has 1 unspecified atom stereocenters. The van der Waals surface area contributed by atoms with Crippen LogP contribution in [0.5, 0.6) is 0 Å². The van der Waals surface area contributed by atoms with Gasteiger partial charge in [0.25, 0.3) is 0 Å². The fourth-order valence-electron chi connectivity index (χ4n) is 3.39. The number of amides is 2. The predicted octanol–water partition coefficient (Wildman–Crippen LogP) is 2.05. The first-order chi connectivity index (χ1) is 11.8. The second kappa shape index (κ2) is 6.84. The molecule has 4 rings (SSSR count). The quantitative estimate of drug-likeness (QED) is 0.891. The molecule has 1 aromatic carbocycles. The van der Waals surface area contributed by atoms with Crippen molar-refractivity contribution < 1.29 is 4.79 Å². The Balaban J connectivity index is 1.30. The second-order valence-electron chi connectivity index (χ2n) is 6.16. The highest BCUT2D eigenvalue weighted by molar-refractivity contribution is 7.99. The van der Waals surface area contributed by atoms with Crippen molar-refractivity contribution >= 4 is 17.8 Å². The molecule has 2 aliphatic heterocycles. The number of aromatic nitrogens is 3. The Morgan fingerprint density at radius 2 is 2.17 bits per heavy atom. The van der Waals surface area contributed by atoms with Gasteiger partial charge in [0.1, 0.15) is 5.82 Å². The van der Waals surface area contributed by atoms with Gasteiger partial charge in [-0.3, -0.25) is 0 Å². The van der Waals surface area contributed by atoms with Gasteiger partial charge in [-0.25, -0.2) is 4.79 Å². The van der Waals surface area contributed by atoms with Crippen LogP contribution in [0.3, 0.4) is 0 Å². The maximum Gasteiger partial charge on any atom is 0.315 e. The molecule has 126 valence electrons. The number of carbonyl (C=O) groups is 1. The van der Waals surface area contributed by atoms with Crippen LogP contribution in [0.15, 0.2) is 24.3 Å². The summed E-state index contributed by atoms with van der Waals surface area (Å²) in [6.45, 7) is 2.02. The standard InChI is InChI=1S/C17H21N5OS/c23-17(19-11-16-21-20-15-6-3-8-22(15)16)18-10-14-13-5-2-1-4-12(13)7-9-24-14/h1-2,4-5,14H,3,6-11H2,(H2,18,19,23). The normalized spacial score (nSPS) is 18.8. The molecule has 7 heteroatoms. The van der Waals surface area contributed by atoms with Crippen molar-refractivity contribution in [3.63, 3.8) is 0 Å². The first kappa shape index (κ1) is 15.5. The number of rotatable bonds is 4. The molecule has 0 bridgehead atoms. The van der Waals surface area contributed by atoms with Crippen molar-refractivity contribution in [2.45, 2.75) is 37.6 Å². The van der Waals surface area contributed by atoms with Gasteiger partial charge in [-0.15, -0.1) is 10.2 Å². The lowest BCUT2D eigenvalue weighted by Crippen LogP contribution is -2.38. The molecule has 24 heavy (non-hydrogen) atoms. The summed E-state index contributed by atoms with van der Waals surface area (Å²) in [5.74, 6) is 2.98. The number of thioether (sulfide) groups is 1. The maximum atomic E-state index is 12.1. The van der Waals surface area contributed by atoms with E-state index in [2.05, 4.69) is 49.7 Å². The van der Waals surface area contributed by atoms with Crippen LogP contribution in [0.4, 0.5) is 4.79 Å². The molecular formula is C17H21N5OS. The minimum absolute atomic E-state index is 0.144. The van der Waals surface area contributed by atoms with E-state index in [1.807, 2.05) is 11.8 Å². The van der Waals surface area contributed by atoms with Crippen LogP contribution >= 0.6 is 11.8 Å². The third kappa shape index (κ3) is 3.13. The van der Waals surface area contributed by atoms with Crippen LogP contribution in [0.1, 0.15) is 34.4 Å². The van der Waals surface area contributed by atoms with E-state index >= 15 is 0 Å². The first-order valence-corrected chi connectivity index (χ1v) is 9.48. The lowest BCUT2D eigenvalue weighted by atomic mass is 10.0. The Morgan fingerprint density at radius 1 is 1.25 bits per heavy atom. The molecule has 0 spiro atoms. The minimum Gasteiger partial charge on any atom is -0.337 e. The van der Waals surface area contributed by atoms with E-state index in [9.17, 15) is 4.79 Å². The fraction of sp³-hybridized carbons (Fsp3) is 0.471. The molecule has 0 radical (unpaired) electrons. The summed E-state index contributed by atoms with van der Waals surface area (Å²) in [5.41, 5.74) is 2.76. The lowest BCUT2D eigenvalue weighted by Gasteiger charge is -2.25. The van der Waals surface area contributed by atoms with Crippen LogP contribution in [0, 0.1) is 0 Å². The first-order valence-electron chi connectivity index (χ1n) is 8.43. The van der Waals surface area contributed by atoms with E-state index in [0.717, 1.165) is 43.2 Å². The average Bonchev–Trinajstić information content (AvgIpc) is 3.22. The van der Waals surface area contributed by atoms with Crippen molar-refractivity contribution in [1.29, 1.82) is 0 Å². The molecule has 1 aromatic heterocycles. The molecule has 6 nitrogen and oxygen atoms in total. The number of benzene rings is 1. The summed E-state index contributed by atoms with van der Waals surface area (Å²) in [5, 5.41) is 14.5. The molecule has 1 atom stereocenters. The molecule has 2 amide bonds. The van der Waals surface area contributed by atoms with Gasteiger partial charge in [0.15, 0.2) is 5.82 Å². The number of fused-ring (bicyclic) bond motifs is 2. The van der Waals surface area contributed by atoms with E-state index in [-0.39, 0.29) is 6.03 Å². The van der Waals surface area contributed by atoms with Gasteiger partial charge in [-0.2, -0.15) is 11.8 Å². The molecule has 3 heterocycles. The monoisotopic (exact) mass is 343 g/mol. The summed E-state index contributed by atoms with van der Waals surface area (Å²) in [6, 6.07) is 8.38. The SMILES string of the molecule is O=C(NCc1nnc2n1CCC2)NCC1SCCc2ccccc21. The summed E-state index contributed by atoms with van der Waals surface area (Å²) < 4.78 is 2.10. The molecule has 0 aliphatic carbocycles. The van der Waals surface area contributed by atoms with Crippen molar-refractivity contribution in [3.05, 3.63) is 47.0 Å². The van der Waals surface area contributed by atoms with Crippen LogP contribution < -0.4 is 10.6 Å². The Kier molecular flexibility index (Phi) is 4.42. The van der Waals surface area contributed by atoms with Crippen LogP contribution in [0.25, 0.3) is 0 Å². The molecule has 2 aliphatic rings. The number of nitrogens with zero attached hydrogens (tertiary/aromatic N) is 3. The van der Waals surface area contributed by atoms with Crippen LogP contribution in [-0.2, 0) is 25.9 Å². The summed E-state index contributed by atoms with van der Waals surface area (Å²) >= 11 is 1.91. The van der Waals surface area contributed by atoms with Crippen molar-refractivity contribution in [3.8, 4) is 0 Å². The number of hydrogen-bond acceptors (Lipinski definition) is 4. The van der Waals surface area contributed by atoms with E-state index < -0.39 is 0 Å². The summed E-state index contributed by atoms with van der Waals surface area (Å²) in [4.78, 5) is 12.1. The number of urea groups is 1. The molecular weight excluding hydrogens is 322 g/mol. The van der Waals surface area contributed by atoms with E-state index in [4.69, 9.17) is 0 Å². The van der Waals surface area contributed by atoms with Gasteiger partial charge in [-0.1, -0.05) is 24.3 Å². The van der Waals surface area contributed by atoms with Crippen molar-refractivity contribution in [2.75, 3.05) is 12.3 Å². The Bertz CT molecular complexity index is 744. The lowest BCUT2D eigenvalue weighted by molar-refractivity contribution is 0.240. The minimum atomic E-state index is -0.144. The number of carbonyl (C=O) groups excluding carboxylic acids is 1. The Hall–Kier alpha value is -2.02. The smallest absolute Gasteiger partial charge is 0.315 e. The molecule has 0 saturated carbocycles. The topological polar surface area (TPSA) is 71.8 Å². The van der Waals surface area contributed by atoms with Gasteiger partial charge in [-0.05, 0) is 29.7 Å². The van der Waals surface area contributed by atoms with E-state index in [1.165, 1.54) is 11.1 Å². The third-order valence-electron chi connectivity index (χ3n) is 4.63. The molecule has 2 N–H and O–H groups in total. The van der Waals surface area contributed by atoms with E-state index in [0.29, 0.717) is 18.3 Å². The van der Waals surface area contributed by atoms with Gasteiger partial charge in [0, 0.05) is 24.8 Å². The predicted molar refractivity (Wildman–Crippen MR) is 93.9 cm³/mol. The fourth-order valence-corrected chi connectivity index (χ4v) is 4.63. The average molecular weight is 343 g/mol. The zero-order valence-corrected chi connectivity index (χ0v) is 14.3. The maximum absolute atomic E-state index is 12.1. The molecule has 0 saturated heterocycles. The molecule has 2 aromatic rings. The Morgan fingerprint density at radius 3 is 3.12 bits per heavy atom. The van der Waals surface area contributed by atoms with Gasteiger partial charge < -0.3 is 15.2 Å². The van der Waals surface area contributed by atoms with Crippen molar-refractivity contribution in [2.24, 2.45) is 0 Å².